The second-order valence-electron chi connectivity index (χ2n) is 1.47. The Morgan fingerprint density at radius 3 is 0.750 bits per heavy atom. The second kappa shape index (κ2) is 10.5. The van der Waals surface area contributed by atoms with Gasteiger partial charge in [-0.25, -0.2) is 0 Å². The van der Waals surface area contributed by atoms with E-state index in [4.69, 9.17) is 46.9 Å². The van der Waals surface area contributed by atoms with E-state index in [2.05, 4.69) is 23.6 Å². The molecule has 0 aliphatic heterocycles. The van der Waals surface area contributed by atoms with Crippen molar-refractivity contribution in [3.63, 3.8) is 0 Å². The van der Waals surface area contributed by atoms with Gasteiger partial charge in [-0.15, -0.1) is 0 Å². The first-order valence-corrected chi connectivity index (χ1v) is 8.98. The first kappa shape index (κ1) is 26.2. The van der Waals surface area contributed by atoms with E-state index in [0.717, 1.165) is 0 Å². The van der Waals surface area contributed by atoms with E-state index in [1.165, 1.54) is 0 Å². The second-order valence-corrected chi connectivity index (χ2v) is 7.36. The molecule has 0 aliphatic carbocycles. The summed E-state index contributed by atoms with van der Waals surface area (Å²) in [6.45, 7) is -7.61. The van der Waals surface area contributed by atoms with Crippen LogP contribution in [-0.2, 0) is 55.1 Å². The van der Waals surface area contributed by atoms with Crippen LogP contribution in [0.25, 0.3) is 0 Å². The summed E-state index contributed by atoms with van der Waals surface area (Å²) in [6.07, 6.45) is 0. The molecule has 0 fully saturated rings. The van der Waals surface area contributed by atoms with E-state index in [9.17, 15) is 0 Å². The first-order valence-electron chi connectivity index (χ1n) is 2.26. The van der Waals surface area contributed by atoms with E-state index in [-0.39, 0.29) is 21.1 Å². The van der Waals surface area contributed by atoms with Gasteiger partial charge in [0.1, 0.15) is 0 Å². The topological polar surface area (TPSA) is 196 Å². The molecule has 0 rings (SSSR count). The van der Waals surface area contributed by atoms with Gasteiger partial charge in [-0.3, -0.25) is 9.11 Å². The molecule has 0 aromatic carbocycles. The predicted octanol–water partition coefficient (Wildman–Crippen LogP) is -2.28. The number of rotatable bonds is 0. The molecule has 0 bridgehead atoms. The maximum Gasteiger partial charge on any atom is 0.394 e. The third kappa shape index (κ3) is 1270. The molecule has 0 aliphatic rings. The molecule has 16 heavy (non-hydrogen) atoms. The van der Waals surface area contributed by atoms with Crippen molar-refractivity contribution in [3.8, 4) is 0 Å². The minimum absolute atomic E-state index is 0. The summed E-state index contributed by atoms with van der Waals surface area (Å²) in [6, 6.07) is 0. The third-order valence-electron chi connectivity index (χ3n) is 0. The van der Waals surface area contributed by atoms with E-state index in [1.54, 1.807) is 0 Å². The smallest absolute Gasteiger partial charge is 0.325 e. The van der Waals surface area contributed by atoms with Crippen LogP contribution in [0.1, 0.15) is 0 Å². The Balaban J connectivity index is -0.0000000655. The molecule has 0 aromatic rings. The Morgan fingerprint density at radius 2 is 0.750 bits per heavy atom. The maximum atomic E-state index is 8.74. The standard InChI is InChI=1S/Mo.H2O4S.2H3O3PS/c;1-5(2,3)4;2*1-4(2,3)5/h;(H2,1,2,3,4);2*(H3,1,2,3,5). The molecule has 10 nitrogen and oxygen atoms in total. The molecule has 0 atom stereocenters. The summed E-state index contributed by atoms with van der Waals surface area (Å²) in [5.41, 5.74) is 0. The fourth-order valence-electron chi connectivity index (χ4n) is 0. The van der Waals surface area contributed by atoms with Crippen molar-refractivity contribution in [3.05, 3.63) is 0 Å². The molecule has 0 unspecified atom stereocenters. The summed E-state index contributed by atoms with van der Waals surface area (Å²) in [4.78, 5) is 45.3. The zero-order valence-corrected chi connectivity index (χ0v) is 13.2. The van der Waals surface area contributed by atoms with Crippen molar-refractivity contribution in [2.75, 3.05) is 0 Å². The van der Waals surface area contributed by atoms with Crippen LogP contribution in [0.4, 0.5) is 0 Å². The van der Waals surface area contributed by atoms with E-state index < -0.39 is 23.8 Å². The van der Waals surface area contributed by atoms with Crippen LogP contribution >= 0.6 is 13.4 Å². The fourth-order valence-corrected chi connectivity index (χ4v) is 0. The van der Waals surface area contributed by atoms with Gasteiger partial charge in [-0.05, 0) is 23.6 Å². The summed E-state index contributed by atoms with van der Waals surface area (Å²) < 4.78 is 31.6. The van der Waals surface area contributed by atoms with Crippen LogP contribution in [0.2, 0.25) is 0 Å². The average molecular weight is 422 g/mol. The predicted molar refractivity (Wildman–Crippen MR) is 56.1 cm³/mol. The van der Waals surface area contributed by atoms with Gasteiger partial charge < -0.3 is 29.4 Å². The molecule has 0 saturated heterocycles. The first-order chi connectivity index (χ1) is 6.00. The van der Waals surface area contributed by atoms with E-state index >= 15 is 0 Å². The summed E-state index contributed by atoms with van der Waals surface area (Å²) in [5, 5.41) is 0. The van der Waals surface area contributed by atoms with Gasteiger partial charge >= 0.3 is 23.8 Å². The van der Waals surface area contributed by atoms with Crippen LogP contribution in [0.15, 0.2) is 0 Å². The van der Waals surface area contributed by atoms with Gasteiger partial charge in [-0.2, -0.15) is 8.42 Å². The largest absolute Gasteiger partial charge is 0.394 e. The molecular formula is H8MoO10P2S3. The monoisotopic (exact) mass is 424 g/mol. The molecule has 0 amide bonds. The van der Waals surface area contributed by atoms with Gasteiger partial charge in [0.05, 0.1) is 0 Å². The zero-order valence-electron chi connectivity index (χ0n) is 6.92. The SMILES string of the molecule is O=S(=O)(O)O.OP(O)(O)=S.OP(O)(O)=S.[Mo]. The number of hydrogen-bond acceptors (Lipinski definition) is 4. The molecule has 102 valence electrons. The molecule has 0 spiro atoms. The van der Waals surface area contributed by atoms with E-state index in [1.807, 2.05) is 0 Å². The molecule has 0 saturated carbocycles. The minimum Gasteiger partial charge on any atom is -0.325 e. The summed E-state index contributed by atoms with van der Waals surface area (Å²) in [7, 11) is -4.67. The van der Waals surface area contributed by atoms with Crippen LogP contribution < -0.4 is 0 Å². The fraction of sp³-hybridized carbons (Fsp3) is 0. The van der Waals surface area contributed by atoms with Gasteiger partial charge in [0.25, 0.3) is 0 Å². The third-order valence-corrected chi connectivity index (χ3v) is 0. The van der Waals surface area contributed by atoms with Crippen molar-refractivity contribution < 1.29 is 67.9 Å². The Bertz CT molecular complexity index is 289. The molecule has 0 radical (unpaired) electrons. The average Bonchev–Trinajstić information content (AvgIpc) is 1.41. The van der Waals surface area contributed by atoms with Crippen molar-refractivity contribution in [2.24, 2.45) is 0 Å². The Hall–Kier alpha value is 1.62. The molecule has 0 heterocycles. The Kier molecular flexibility index (Phi) is 17.3. The quantitative estimate of drug-likeness (QED) is 0.119. The van der Waals surface area contributed by atoms with Gasteiger partial charge in [0.2, 0.25) is 0 Å². The van der Waals surface area contributed by atoms with Gasteiger partial charge in [0.15, 0.2) is 0 Å². The molecular weight excluding hydrogens is 414 g/mol. The van der Waals surface area contributed by atoms with Crippen molar-refractivity contribution in [2.45, 2.75) is 0 Å². The zero-order chi connectivity index (χ0) is 13.5. The van der Waals surface area contributed by atoms with Crippen LogP contribution in [0, 0.1) is 0 Å². The van der Waals surface area contributed by atoms with Gasteiger partial charge in [-0.1, -0.05) is 0 Å². The van der Waals surface area contributed by atoms with Crippen molar-refractivity contribution in [1.82, 2.24) is 0 Å². The van der Waals surface area contributed by atoms with Crippen LogP contribution in [0.5, 0.6) is 0 Å². The summed E-state index contributed by atoms with van der Waals surface area (Å²) in [5.74, 6) is 0. The minimum atomic E-state index is -4.67. The molecule has 0 aromatic heterocycles. The molecule has 8 N–H and O–H groups in total. The molecule has 16 heteroatoms. The maximum absolute atomic E-state index is 8.74. The van der Waals surface area contributed by atoms with E-state index in [0.29, 0.717) is 0 Å². The van der Waals surface area contributed by atoms with Crippen molar-refractivity contribution in [1.29, 1.82) is 0 Å². The number of hydrogen-bond donors (Lipinski definition) is 8. The summed E-state index contributed by atoms with van der Waals surface area (Å²) >= 11 is 7.21. The normalized spacial score (nSPS) is 11.0. The van der Waals surface area contributed by atoms with Crippen LogP contribution in [-0.4, -0.2) is 46.9 Å². The Morgan fingerprint density at radius 1 is 0.750 bits per heavy atom. The Labute approximate surface area is 115 Å². The van der Waals surface area contributed by atoms with Crippen molar-refractivity contribution >= 4 is 47.4 Å². The van der Waals surface area contributed by atoms with Crippen LogP contribution in [0.3, 0.4) is 0 Å². The van der Waals surface area contributed by atoms with Gasteiger partial charge in [0, 0.05) is 21.1 Å².